The summed E-state index contributed by atoms with van der Waals surface area (Å²) < 4.78 is 10.1. The number of hydrogen-bond donors (Lipinski definition) is 1. The fraction of sp³-hybridized carbons (Fsp3) is 0. The van der Waals surface area contributed by atoms with E-state index in [-0.39, 0.29) is 7.12 Å². The van der Waals surface area contributed by atoms with Crippen LogP contribution in [0.2, 0.25) is 0 Å². The number of rotatable bonds is 1. The highest BCUT2D eigenvalue weighted by Gasteiger charge is 2.27. The predicted octanol–water partition coefficient (Wildman–Crippen LogP) is -0.377. The first-order chi connectivity index (χ1) is 4.97. The number of H-pyrrole nitrogens is 1. The van der Waals surface area contributed by atoms with Crippen molar-refractivity contribution < 1.29 is 9.31 Å². The quantitative estimate of drug-likeness (QED) is 0.535. The molecule has 0 aliphatic carbocycles. The van der Waals surface area contributed by atoms with Gasteiger partial charge >= 0.3 is 7.12 Å². The van der Waals surface area contributed by atoms with E-state index >= 15 is 0 Å². The van der Waals surface area contributed by atoms with Crippen molar-refractivity contribution in [2.75, 3.05) is 0 Å². The van der Waals surface area contributed by atoms with Crippen molar-refractivity contribution in [2.24, 2.45) is 0 Å². The van der Waals surface area contributed by atoms with Crippen molar-refractivity contribution in [3.8, 4) is 0 Å². The number of aromatic nitrogens is 2. The summed E-state index contributed by atoms with van der Waals surface area (Å²) in [7, 11) is -0.307. The van der Waals surface area contributed by atoms with Gasteiger partial charge in [0.25, 0.3) is 0 Å². The van der Waals surface area contributed by atoms with E-state index in [4.69, 9.17) is 9.31 Å². The second-order valence-electron chi connectivity index (χ2n) is 1.91. The van der Waals surface area contributed by atoms with Crippen molar-refractivity contribution in [1.29, 1.82) is 0 Å². The van der Waals surface area contributed by atoms with E-state index in [0.717, 1.165) is 5.46 Å². The highest BCUT2D eigenvalue weighted by Crippen LogP contribution is 1.99. The molecule has 1 aromatic heterocycles. The molecule has 1 aliphatic heterocycles. The van der Waals surface area contributed by atoms with Crippen molar-refractivity contribution in [3.05, 3.63) is 24.9 Å². The molecule has 2 heterocycles. The number of nitrogens with zero attached hydrogens (tertiary/aromatic N) is 1. The summed E-state index contributed by atoms with van der Waals surface area (Å²) in [6, 6.07) is 0. The monoisotopic (exact) mass is 136 g/mol. The maximum absolute atomic E-state index is 5.03. The highest BCUT2D eigenvalue weighted by molar-refractivity contribution is 6.61. The van der Waals surface area contributed by atoms with Crippen LogP contribution < -0.4 is 5.46 Å². The molecule has 0 saturated carbocycles. The zero-order valence-electron chi connectivity index (χ0n) is 5.15. The lowest BCUT2D eigenvalue weighted by Gasteiger charge is -1.98. The molecule has 0 spiro atoms. The van der Waals surface area contributed by atoms with Crippen LogP contribution in [0.4, 0.5) is 0 Å². The number of nitrogens with one attached hydrogen (secondary N) is 1. The molecular weight excluding hydrogens is 131 g/mol. The van der Waals surface area contributed by atoms with Crippen molar-refractivity contribution >= 4 is 12.6 Å². The molecule has 0 bridgehead atoms. The predicted molar refractivity (Wildman–Crippen MR) is 35.3 cm³/mol. The Morgan fingerprint density at radius 3 is 2.80 bits per heavy atom. The molecule has 0 saturated heterocycles. The average molecular weight is 136 g/mol. The van der Waals surface area contributed by atoms with Gasteiger partial charge in [0.15, 0.2) is 0 Å². The lowest BCUT2D eigenvalue weighted by molar-refractivity contribution is 0.423. The molecule has 1 aromatic rings. The van der Waals surface area contributed by atoms with Crippen molar-refractivity contribution in [2.45, 2.75) is 0 Å². The minimum atomic E-state index is -0.307. The fourth-order valence-electron chi connectivity index (χ4n) is 0.786. The third-order valence-electron chi connectivity index (χ3n) is 1.25. The van der Waals surface area contributed by atoms with Crippen LogP contribution in [0, 0.1) is 0 Å². The molecule has 5 heteroatoms. The number of hydrogen-bond acceptors (Lipinski definition) is 3. The molecule has 0 fully saturated rings. The second kappa shape index (κ2) is 2.09. The van der Waals surface area contributed by atoms with Crippen LogP contribution in [0.1, 0.15) is 0 Å². The zero-order chi connectivity index (χ0) is 6.81. The molecule has 0 amide bonds. The lowest BCUT2D eigenvalue weighted by Crippen LogP contribution is -2.30. The molecular formula is C5H5BN2O2. The third kappa shape index (κ3) is 0.755. The largest absolute Gasteiger partial charge is 0.635 e. The van der Waals surface area contributed by atoms with E-state index in [9.17, 15) is 0 Å². The van der Waals surface area contributed by atoms with Gasteiger partial charge in [0, 0.05) is 11.7 Å². The summed E-state index contributed by atoms with van der Waals surface area (Å²) in [6.07, 6.45) is 6.42. The SMILES string of the molecule is C1=COB(c2cn[nH]c2)O1. The summed E-state index contributed by atoms with van der Waals surface area (Å²) in [5, 5.41) is 6.42. The van der Waals surface area contributed by atoms with Gasteiger partial charge in [0.05, 0.1) is 18.7 Å². The average Bonchev–Trinajstić information content (AvgIpc) is 2.59. The minimum absolute atomic E-state index is 0.307. The zero-order valence-corrected chi connectivity index (χ0v) is 5.15. The second-order valence-corrected chi connectivity index (χ2v) is 1.91. The van der Waals surface area contributed by atoms with Gasteiger partial charge in [-0.15, -0.1) is 0 Å². The van der Waals surface area contributed by atoms with Crippen LogP contribution >= 0.6 is 0 Å². The summed E-state index contributed by atoms with van der Waals surface area (Å²) >= 11 is 0. The van der Waals surface area contributed by atoms with E-state index < -0.39 is 0 Å². The summed E-state index contributed by atoms with van der Waals surface area (Å²) in [6.45, 7) is 0. The Labute approximate surface area is 58.0 Å². The maximum Gasteiger partial charge on any atom is 0.635 e. The van der Waals surface area contributed by atoms with E-state index in [0.29, 0.717) is 0 Å². The van der Waals surface area contributed by atoms with Gasteiger partial charge in [-0.25, -0.2) is 0 Å². The highest BCUT2D eigenvalue weighted by atomic mass is 16.6. The molecule has 50 valence electrons. The Morgan fingerprint density at radius 2 is 2.20 bits per heavy atom. The molecule has 0 radical (unpaired) electrons. The Morgan fingerprint density at radius 1 is 1.40 bits per heavy atom. The summed E-state index contributed by atoms with van der Waals surface area (Å²) in [4.78, 5) is 0. The van der Waals surface area contributed by atoms with Gasteiger partial charge in [-0.3, -0.25) is 5.10 Å². The molecule has 1 N–H and O–H groups in total. The molecule has 0 unspecified atom stereocenters. The topological polar surface area (TPSA) is 47.1 Å². The van der Waals surface area contributed by atoms with Crippen LogP contribution in [-0.4, -0.2) is 17.3 Å². The Hall–Kier alpha value is -1.39. The number of aromatic amines is 1. The van der Waals surface area contributed by atoms with Crippen molar-refractivity contribution in [1.82, 2.24) is 10.2 Å². The minimum Gasteiger partial charge on any atom is -0.525 e. The van der Waals surface area contributed by atoms with Crippen LogP contribution in [0.5, 0.6) is 0 Å². The van der Waals surface area contributed by atoms with Crippen LogP contribution in [-0.2, 0) is 9.31 Å². The Kier molecular flexibility index (Phi) is 1.13. The van der Waals surface area contributed by atoms with Gasteiger partial charge in [-0.05, 0) is 0 Å². The first-order valence-corrected chi connectivity index (χ1v) is 2.91. The first kappa shape index (κ1) is 5.40. The first-order valence-electron chi connectivity index (χ1n) is 2.91. The molecule has 4 nitrogen and oxygen atoms in total. The van der Waals surface area contributed by atoms with E-state index in [2.05, 4.69) is 10.2 Å². The van der Waals surface area contributed by atoms with Gasteiger partial charge in [-0.2, -0.15) is 5.10 Å². The van der Waals surface area contributed by atoms with Crippen LogP contribution in [0.15, 0.2) is 24.9 Å². The smallest absolute Gasteiger partial charge is 0.525 e. The summed E-state index contributed by atoms with van der Waals surface area (Å²) in [5.41, 5.74) is 0.894. The summed E-state index contributed by atoms with van der Waals surface area (Å²) in [5.74, 6) is 0. The van der Waals surface area contributed by atoms with Crippen molar-refractivity contribution in [3.63, 3.8) is 0 Å². The molecule has 0 atom stereocenters. The van der Waals surface area contributed by atoms with Gasteiger partial charge < -0.3 is 9.31 Å². The van der Waals surface area contributed by atoms with E-state index in [1.54, 1.807) is 12.4 Å². The van der Waals surface area contributed by atoms with Crippen LogP contribution in [0.25, 0.3) is 0 Å². The Balaban J connectivity index is 2.14. The van der Waals surface area contributed by atoms with Gasteiger partial charge in [0.1, 0.15) is 0 Å². The Bertz CT molecular complexity index is 226. The van der Waals surface area contributed by atoms with Gasteiger partial charge in [-0.1, -0.05) is 0 Å². The molecule has 2 rings (SSSR count). The normalized spacial score (nSPS) is 15.0. The molecule has 10 heavy (non-hydrogen) atoms. The molecule has 0 aromatic carbocycles. The maximum atomic E-state index is 5.03. The lowest BCUT2D eigenvalue weighted by atomic mass is 9.82. The third-order valence-corrected chi connectivity index (χ3v) is 1.25. The van der Waals surface area contributed by atoms with Gasteiger partial charge in [0.2, 0.25) is 0 Å². The fourth-order valence-corrected chi connectivity index (χ4v) is 0.786. The van der Waals surface area contributed by atoms with E-state index in [1.165, 1.54) is 12.5 Å². The van der Waals surface area contributed by atoms with E-state index in [1.807, 2.05) is 0 Å². The van der Waals surface area contributed by atoms with Crippen LogP contribution in [0.3, 0.4) is 0 Å². The molecule has 1 aliphatic rings. The standard InChI is InChI=1S/C5H5BN2O2/c1-2-10-6(9-1)5-3-7-8-4-5/h1-4H,(H,7,8).